The van der Waals surface area contributed by atoms with E-state index in [2.05, 4.69) is 51.8 Å². The van der Waals surface area contributed by atoms with E-state index in [1.165, 1.54) is 5.56 Å². The summed E-state index contributed by atoms with van der Waals surface area (Å²) in [6.45, 7) is 14.1. The van der Waals surface area contributed by atoms with Gasteiger partial charge in [-0.3, -0.25) is 0 Å². The molecule has 1 heterocycles. The van der Waals surface area contributed by atoms with Gasteiger partial charge in [0.1, 0.15) is 16.7 Å². The maximum Gasteiger partial charge on any atom is 0.133 e. The molecule has 1 rings (SSSR count). The van der Waals surface area contributed by atoms with E-state index >= 15 is 0 Å². The lowest BCUT2D eigenvalue weighted by molar-refractivity contribution is 0.641. The van der Waals surface area contributed by atoms with Crippen molar-refractivity contribution in [1.82, 2.24) is 9.97 Å². The zero-order valence-corrected chi connectivity index (χ0v) is 13.9. The molecule has 0 aliphatic rings. The minimum atomic E-state index is 0.567. The Balaban J connectivity index is 3.01. The molecular weight excluding hydrogens is 254 g/mol. The maximum atomic E-state index is 4.69. The summed E-state index contributed by atoms with van der Waals surface area (Å²) >= 11 is 1.86. The summed E-state index contributed by atoms with van der Waals surface area (Å²) in [5, 5.41) is 5.11. The van der Waals surface area contributed by atoms with Crippen LogP contribution in [0.15, 0.2) is 5.03 Å². The molecular formula is C15H27N3S. The summed E-state index contributed by atoms with van der Waals surface area (Å²) in [5.74, 6) is 2.59. The number of aromatic nitrogens is 2. The number of hydrogen-bond acceptors (Lipinski definition) is 4. The van der Waals surface area contributed by atoms with Gasteiger partial charge in [0, 0.05) is 23.8 Å². The van der Waals surface area contributed by atoms with Gasteiger partial charge in [-0.15, -0.1) is 11.8 Å². The first kappa shape index (κ1) is 16.3. The van der Waals surface area contributed by atoms with E-state index in [0.717, 1.165) is 36.1 Å². The van der Waals surface area contributed by atoms with Crippen molar-refractivity contribution in [3.8, 4) is 0 Å². The van der Waals surface area contributed by atoms with Crippen molar-refractivity contribution >= 4 is 17.6 Å². The molecule has 0 amide bonds. The van der Waals surface area contributed by atoms with Crippen molar-refractivity contribution in [3.05, 3.63) is 11.4 Å². The first-order valence-electron chi connectivity index (χ1n) is 7.27. The predicted molar refractivity (Wildman–Crippen MR) is 85.1 cm³/mol. The molecule has 0 aromatic carbocycles. The van der Waals surface area contributed by atoms with Gasteiger partial charge in [0.15, 0.2) is 0 Å². The van der Waals surface area contributed by atoms with Crippen LogP contribution < -0.4 is 5.32 Å². The number of rotatable bonds is 7. The second-order valence-electron chi connectivity index (χ2n) is 5.27. The Labute approximate surface area is 122 Å². The Bertz CT molecular complexity index is 405. The lowest BCUT2D eigenvalue weighted by Gasteiger charge is -2.18. The van der Waals surface area contributed by atoms with Crippen molar-refractivity contribution < 1.29 is 0 Å². The highest BCUT2D eigenvalue weighted by molar-refractivity contribution is 7.99. The second kappa shape index (κ2) is 7.73. The molecule has 0 fully saturated rings. The number of nitrogens with one attached hydrogen (secondary N) is 1. The van der Waals surface area contributed by atoms with Crippen molar-refractivity contribution in [1.29, 1.82) is 0 Å². The van der Waals surface area contributed by atoms with Gasteiger partial charge in [-0.25, -0.2) is 9.97 Å². The molecule has 1 unspecified atom stereocenters. The third kappa shape index (κ3) is 4.68. The molecule has 108 valence electrons. The Morgan fingerprint density at radius 3 is 2.37 bits per heavy atom. The van der Waals surface area contributed by atoms with E-state index in [-0.39, 0.29) is 0 Å². The Hall–Kier alpha value is -0.770. The van der Waals surface area contributed by atoms with Gasteiger partial charge in [0.05, 0.1) is 0 Å². The quantitative estimate of drug-likeness (QED) is 0.597. The fraction of sp³-hybridized carbons (Fsp3) is 0.733. The lowest BCUT2D eigenvalue weighted by Crippen LogP contribution is -2.11. The molecule has 0 saturated heterocycles. The molecule has 1 aromatic heterocycles. The van der Waals surface area contributed by atoms with E-state index in [1.54, 1.807) is 0 Å². The topological polar surface area (TPSA) is 37.8 Å². The summed E-state index contributed by atoms with van der Waals surface area (Å²) in [4.78, 5) is 9.30. The Morgan fingerprint density at radius 2 is 1.84 bits per heavy atom. The monoisotopic (exact) mass is 281 g/mol. The maximum absolute atomic E-state index is 4.69. The fourth-order valence-corrected chi connectivity index (χ4v) is 2.60. The van der Waals surface area contributed by atoms with Crippen molar-refractivity contribution in [2.24, 2.45) is 5.92 Å². The van der Waals surface area contributed by atoms with Gasteiger partial charge >= 0.3 is 0 Å². The van der Waals surface area contributed by atoms with Crippen LogP contribution in [0.3, 0.4) is 0 Å². The number of nitrogens with zero attached hydrogens (tertiary/aromatic N) is 2. The summed E-state index contributed by atoms with van der Waals surface area (Å²) < 4.78 is 0. The van der Waals surface area contributed by atoms with Crippen LogP contribution in [0.1, 0.15) is 52.4 Å². The molecule has 3 nitrogen and oxygen atoms in total. The third-order valence-corrected chi connectivity index (χ3v) is 4.78. The van der Waals surface area contributed by atoms with Gasteiger partial charge in [-0.05, 0) is 19.3 Å². The van der Waals surface area contributed by atoms with Gasteiger partial charge in [0.2, 0.25) is 0 Å². The van der Waals surface area contributed by atoms with Crippen molar-refractivity contribution in [3.63, 3.8) is 0 Å². The van der Waals surface area contributed by atoms with Crippen LogP contribution in [0, 0.1) is 12.8 Å². The van der Waals surface area contributed by atoms with Crippen molar-refractivity contribution in [2.45, 2.75) is 64.7 Å². The molecule has 4 heteroatoms. The number of thioether (sulfide) groups is 1. The summed E-state index contributed by atoms with van der Waals surface area (Å²) in [7, 11) is 0. The van der Waals surface area contributed by atoms with E-state index < -0.39 is 0 Å². The molecule has 19 heavy (non-hydrogen) atoms. The fourth-order valence-electron chi connectivity index (χ4n) is 1.54. The molecule has 0 saturated carbocycles. The highest BCUT2D eigenvalue weighted by atomic mass is 32.2. The van der Waals surface area contributed by atoms with Crippen LogP contribution in [0.2, 0.25) is 0 Å². The highest BCUT2D eigenvalue weighted by Crippen LogP contribution is 2.31. The summed E-state index contributed by atoms with van der Waals surface area (Å²) in [5.41, 5.74) is 1.18. The number of anilines is 1. The van der Waals surface area contributed by atoms with Gasteiger partial charge in [-0.1, -0.05) is 34.6 Å². The standard InChI is InChI=1S/C15H27N3S/c1-7-9-16-14-11(5)15(18-13(8-2)17-14)19-12(6)10(3)4/h10,12H,7-9H2,1-6H3,(H,16,17,18). The second-order valence-corrected chi connectivity index (χ2v) is 6.63. The lowest BCUT2D eigenvalue weighted by atomic mass is 10.2. The molecule has 1 N–H and O–H groups in total. The Morgan fingerprint density at radius 1 is 1.16 bits per heavy atom. The molecule has 1 atom stereocenters. The normalized spacial score (nSPS) is 12.8. The summed E-state index contributed by atoms with van der Waals surface area (Å²) in [6, 6.07) is 0. The average molecular weight is 281 g/mol. The zero-order valence-electron chi connectivity index (χ0n) is 13.1. The van der Waals surface area contributed by atoms with Crippen LogP contribution in [-0.4, -0.2) is 21.8 Å². The number of aryl methyl sites for hydroxylation is 1. The predicted octanol–water partition coefficient (Wildman–Crippen LogP) is 4.31. The molecule has 0 radical (unpaired) electrons. The minimum absolute atomic E-state index is 0.567. The van der Waals surface area contributed by atoms with Crippen LogP contribution in [0.5, 0.6) is 0 Å². The van der Waals surface area contributed by atoms with E-state index in [0.29, 0.717) is 11.2 Å². The van der Waals surface area contributed by atoms with Crippen molar-refractivity contribution in [2.75, 3.05) is 11.9 Å². The minimum Gasteiger partial charge on any atom is -0.370 e. The molecule has 0 aliphatic heterocycles. The number of hydrogen-bond donors (Lipinski definition) is 1. The average Bonchev–Trinajstić information content (AvgIpc) is 2.39. The largest absolute Gasteiger partial charge is 0.370 e. The summed E-state index contributed by atoms with van der Waals surface area (Å²) in [6.07, 6.45) is 1.99. The van der Waals surface area contributed by atoms with E-state index in [1.807, 2.05) is 11.8 Å². The van der Waals surface area contributed by atoms with Crippen LogP contribution >= 0.6 is 11.8 Å². The van der Waals surface area contributed by atoms with Gasteiger partial charge in [-0.2, -0.15) is 0 Å². The molecule has 0 spiro atoms. The van der Waals surface area contributed by atoms with Crippen LogP contribution in [-0.2, 0) is 6.42 Å². The molecule has 0 aliphatic carbocycles. The molecule has 0 bridgehead atoms. The SMILES string of the molecule is CCCNc1nc(CC)nc(SC(C)C(C)C)c1C. The van der Waals surface area contributed by atoms with Gasteiger partial charge in [0.25, 0.3) is 0 Å². The van der Waals surface area contributed by atoms with Crippen LogP contribution in [0.4, 0.5) is 5.82 Å². The smallest absolute Gasteiger partial charge is 0.133 e. The van der Waals surface area contributed by atoms with E-state index in [4.69, 9.17) is 4.98 Å². The third-order valence-electron chi connectivity index (χ3n) is 3.24. The molecule has 1 aromatic rings. The first-order valence-corrected chi connectivity index (χ1v) is 8.15. The Kier molecular flexibility index (Phi) is 6.63. The van der Waals surface area contributed by atoms with Gasteiger partial charge < -0.3 is 5.32 Å². The first-order chi connectivity index (χ1) is 8.99. The van der Waals surface area contributed by atoms with E-state index in [9.17, 15) is 0 Å². The zero-order chi connectivity index (χ0) is 14.4. The van der Waals surface area contributed by atoms with Crippen LogP contribution in [0.25, 0.3) is 0 Å². The highest BCUT2D eigenvalue weighted by Gasteiger charge is 2.15.